The number of hydrogen-bond donors (Lipinski definition) is 1. The molecule has 3 aromatic carbocycles. The Morgan fingerprint density at radius 1 is 0.969 bits per heavy atom. The first-order valence-electron chi connectivity index (χ1n) is 9.70. The van der Waals surface area contributed by atoms with Crippen LogP contribution >= 0.6 is 11.6 Å². The van der Waals surface area contributed by atoms with E-state index in [4.69, 9.17) is 16.3 Å². The van der Waals surface area contributed by atoms with E-state index < -0.39 is 11.9 Å². The quantitative estimate of drug-likeness (QED) is 0.350. The van der Waals surface area contributed by atoms with E-state index in [9.17, 15) is 14.4 Å². The Hall–Kier alpha value is -3.97. The molecule has 0 aliphatic heterocycles. The number of aromatic nitrogens is 2. The van der Waals surface area contributed by atoms with E-state index in [-0.39, 0.29) is 23.7 Å². The highest BCUT2D eigenvalue weighted by Crippen LogP contribution is 2.21. The highest BCUT2D eigenvalue weighted by molar-refractivity contribution is 6.30. The summed E-state index contributed by atoms with van der Waals surface area (Å²) < 4.78 is 6.33. The molecule has 0 bridgehead atoms. The number of carbonyl (C=O) groups excluding carboxylic acids is 3. The number of nitrogens with one attached hydrogen (secondary N) is 1. The number of ketones is 1. The second-order valence-electron chi connectivity index (χ2n) is 6.93. The van der Waals surface area contributed by atoms with Crippen LogP contribution in [-0.4, -0.2) is 34.3 Å². The van der Waals surface area contributed by atoms with E-state index in [1.807, 2.05) is 12.1 Å². The smallest absolute Gasteiger partial charge is 0.339 e. The number of para-hydroxylation sites is 3. The molecule has 1 aromatic heterocycles. The maximum Gasteiger partial charge on any atom is 0.339 e. The van der Waals surface area contributed by atoms with Gasteiger partial charge in [-0.15, -0.1) is 0 Å². The molecule has 1 N–H and O–H groups in total. The van der Waals surface area contributed by atoms with Crippen molar-refractivity contribution in [3.63, 3.8) is 0 Å². The van der Waals surface area contributed by atoms with Crippen molar-refractivity contribution < 1.29 is 19.1 Å². The van der Waals surface area contributed by atoms with E-state index in [0.29, 0.717) is 27.3 Å². The molecule has 0 spiro atoms. The molecule has 0 unspecified atom stereocenters. The fourth-order valence-corrected chi connectivity index (χ4v) is 3.48. The molecule has 0 fully saturated rings. The topological polar surface area (TPSA) is 90.3 Å². The monoisotopic (exact) mass is 447 g/mol. The van der Waals surface area contributed by atoms with Crippen LogP contribution in [-0.2, 0) is 16.1 Å². The molecule has 0 radical (unpaired) electrons. The van der Waals surface area contributed by atoms with Gasteiger partial charge in [0.25, 0.3) is 0 Å². The standard InChI is InChI=1S/C24H18ClN3O4/c1-32-24(31)17-6-2-3-7-18(17)26-21(29)14-28-20-9-5-4-8-19(20)27-23(28)22(30)15-10-12-16(25)13-11-15/h2-13H,14H2,1H3,(H,26,29). The molecule has 0 atom stereocenters. The third kappa shape index (κ3) is 4.24. The Morgan fingerprint density at radius 2 is 1.66 bits per heavy atom. The Kier molecular flexibility index (Phi) is 6.00. The summed E-state index contributed by atoms with van der Waals surface area (Å²) in [7, 11) is 1.27. The number of halogens is 1. The summed E-state index contributed by atoms with van der Waals surface area (Å²) in [6.45, 7) is -0.176. The van der Waals surface area contributed by atoms with Crippen molar-refractivity contribution in [2.24, 2.45) is 0 Å². The molecule has 8 heteroatoms. The van der Waals surface area contributed by atoms with Crippen molar-refractivity contribution in [1.82, 2.24) is 9.55 Å². The molecule has 1 heterocycles. The van der Waals surface area contributed by atoms with Crippen LogP contribution in [0, 0.1) is 0 Å². The van der Waals surface area contributed by atoms with Crippen LogP contribution in [0.25, 0.3) is 11.0 Å². The Morgan fingerprint density at radius 3 is 2.41 bits per heavy atom. The minimum Gasteiger partial charge on any atom is -0.465 e. The Labute approximate surface area is 188 Å². The number of rotatable bonds is 6. The lowest BCUT2D eigenvalue weighted by atomic mass is 10.1. The van der Waals surface area contributed by atoms with Gasteiger partial charge in [-0.1, -0.05) is 35.9 Å². The lowest BCUT2D eigenvalue weighted by Gasteiger charge is -2.12. The predicted molar refractivity (Wildman–Crippen MR) is 121 cm³/mol. The zero-order valence-corrected chi connectivity index (χ0v) is 17.8. The summed E-state index contributed by atoms with van der Waals surface area (Å²) in [6.07, 6.45) is 0. The predicted octanol–water partition coefficient (Wildman–Crippen LogP) is 4.35. The average molecular weight is 448 g/mol. The number of nitrogens with zero attached hydrogens (tertiary/aromatic N) is 2. The van der Waals surface area contributed by atoms with Gasteiger partial charge >= 0.3 is 5.97 Å². The van der Waals surface area contributed by atoms with E-state index in [1.54, 1.807) is 65.2 Å². The first kappa shape index (κ1) is 21.3. The molecule has 0 saturated carbocycles. The van der Waals surface area contributed by atoms with Crippen LogP contribution < -0.4 is 5.32 Å². The van der Waals surface area contributed by atoms with Gasteiger partial charge in [0.2, 0.25) is 11.7 Å². The number of fused-ring (bicyclic) bond motifs is 1. The maximum atomic E-state index is 13.2. The van der Waals surface area contributed by atoms with Gasteiger partial charge < -0.3 is 14.6 Å². The Balaban J connectivity index is 1.68. The maximum absolute atomic E-state index is 13.2. The van der Waals surface area contributed by atoms with Crippen LogP contribution in [0.1, 0.15) is 26.5 Å². The molecule has 160 valence electrons. The SMILES string of the molecule is COC(=O)c1ccccc1NC(=O)Cn1c(C(=O)c2ccc(Cl)cc2)nc2ccccc21. The highest BCUT2D eigenvalue weighted by Gasteiger charge is 2.21. The normalized spacial score (nSPS) is 10.7. The van der Waals surface area contributed by atoms with Crippen molar-refractivity contribution >= 4 is 46.0 Å². The first-order valence-corrected chi connectivity index (χ1v) is 10.1. The summed E-state index contributed by atoms with van der Waals surface area (Å²) in [6, 6.07) is 20.2. The molecule has 1 amide bonds. The second-order valence-corrected chi connectivity index (χ2v) is 7.37. The summed E-state index contributed by atoms with van der Waals surface area (Å²) in [4.78, 5) is 42.5. The van der Waals surface area contributed by atoms with Crippen molar-refractivity contribution in [3.8, 4) is 0 Å². The molecule has 32 heavy (non-hydrogen) atoms. The zero-order valence-electron chi connectivity index (χ0n) is 17.0. The third-order valence-electron chi connectivity index (χ3n) is 4.87. The molecule has 4 aromatic rings. The molecule has 0 aliphatic rings. The number of carbonyl (C=O) groups is 3. The van der Waals surface area contributed by atoms with Crippen molar-refractivity contribution in [2.45, 2.75) is 6.54 Å². The lowest BCUT2D eigenvalue weighted by molar-refractivity contribution is -0.116. The summed E-state index contributed by atoms with van der Waals surface area (Å²) >= 11 is 5.93. The van der Waals surface area contributed by atoms with Crippen molar-refractivity contribution in [3.05, 3.63) is 94.8 Å². The van der Waals surface area contributed by atoms with Gasteiger partial charge in [0.05, 0.1) is 29.4 Å². The van der Waals surface area contributed by atoms with Crippen LogP contribution in [0.15, 0.2) is 72.8 Å². The fraction of sp³-hybridized carbons (Fsp3) is 0.0833. The molecule has 7 nitrogen and oxygen atoms in total. The van der Waals surface area contributed by atoms with Gasteiger partial charge in [-0.25, -0.2) is 9.78 Å². The van der Waals surface area contributed by atoms with Gasteiger partial charge in [0.15, 0.2) is 5.82 Å². The average Bonchev–Trinajstić information content (AvgIpc) is 3.17. The van der Waals surface area contributed by atoms with Gasteiger partial charge in [-0.05, 0) is 48.5 Å². The summed E-state index contributed by atoms with van der Waals surface area (Å²) in [5.41, 5.74) is 2.19. The number of amides is 1. The molecular weight excluding hydrogens is 430 g/mol. The number of hydrogen-bond acceptors (Lipinski definition) is 5. The van der Waals surface area contributed by atoms with Gasteiger partial charge in [-0.2, -0.15) is 0 Å². The number of methoxy groups -OCH3 is 1. The Bertz CT molecular complexity index is 1330. The van der Waals surface area contributed by atoms with Gasteiger partial charge in [-0.3, -0.25) is 9.59 Å². The van der Waals surface area contributed by atoms with Crippen molar-refractivity contribution in [2.75, 3.05) is 12.4 Å². The van der Waals surface area contributed by atoms with Crippen LogP contribution in [0.5, 0.6) is 0 Å². The van der Waals surface area contributed by atoms with Crippen molar-refractivity contribution in [1.29, 1.82) is 0 Å². The van der Waals surface area contributed by atoms with E-state index in [0.717, 1.165) is 0 Å². The third-order valence-corrected chi connectivity index (χ3v) is 5.12. The number of benzene rings is 3. The number of esters is 1. The van der Waals surface area contributed by atoms with E-state index in [1.165, 1.54) is 7.11 Å². The molecule has 4 rings (SSSR count). The largest absolute Gasteiger partial charge is 0.465 e. The fourth-order valence-electron chi connectivity index (χ4n) is 3.35. The van der Waals surface area contributed by atoms with Gasteiger partial charge in [0.1, 0.15) is 6.54 Å². The zero-order chi connectivity index (χ0) is 22.7. The van der Waals surface area contributed by atoms with E-state index >= 15 is 0 Å². The van der Waals surface area contributed by atoms with Crippen LogP contribution in [0.4, 0.5) is 5.69 Å². The minimum atomic E-state index is -0.562. The highest BCUT2D eigenvalue weighted by atomic mass is 35.5. The van der Waals surface area contributed by atoms with Gasteiger partial charge in [0, 0.05) is 10.6 Å². The second kappa shape index (κ2) is 9.03. The first-order chi connectivity index (χ1) is 15.5. The number of ether oxygens (including phenoxy) is 1. The minimum absolute atomic E-state index is 0.130. The van der Waals surface area contributed by atoms with Crippen LogP contribution in [0.2, 0.25) is 5.02 Å². The summed E-state index contributed by atoms with van der Waals surface area (Å²) in [5.74, 6) is -1.19. The van der Waals surface area contributed by atoms with Crippen LogP contribution in [0.3, 0.4) is 0 Å². The number of anilines is 1. The van der Waals surface area contributed by atoms with E-state index in [2.05, 4.69) is 10.3 Å². The molecule has 0 saturated heterocycles. The summed E-state index contributed by atoms with van der Waals surface area (Å²) in [5, 5.41) is 3.24. The lowest BCUT2D eigenvalue weighted by Crippen LogP contribution is -2.23. The molecule has 0 aliphatic carbocycles. The molecular formula is C24H18ClN3O4. The number of imidazole rings is 1.